The van der Waals surface area contributed by atoms with E-state index >= 15 is 0 Å². The Morgan fingerprint density at radius 1 is 0.857 bits per heavy atom. The number of benzene rings is 2. The molecule has 0 N–H and O–H groups in total. The van der Waals surface area contributed by atoms with Gasteiger partial charge >= 0.3 is 0 Å². The summed E-state index contributed by atoms with van der Waals surface area (Å²) in [6.45, 7) is 4.97. The van der Waals surface area contributed by atoms with Gasteiger partial charge in [0.15, 0.2) is 0 Å². The van der Waals surface area contributed by atoms with Crippen molar-refractivity contribution in [3.8, 4) is 0 Å². The smallest absolute Gasteiger partial charge is 0.0191 e. The lowest BCUT2D eigenvalue weighted by Crippen LogP contribution is -2.34. The molecule has 0 nitrogen and oxygen atoms in total. The lowest BCUT2D eigenvalue weighted by Gasteiger charge is -2.42. The summed E-state index contributed by atoms with van der Waals surface area (Å²) in [6, 6.07) is 22.2. The Balaban J connectivity index is 1.89. The van der Waals surface area contributed by atoms with Crippen LogP contribution in [0.5, 0.6) is 0 Å². The normalized spacial score (nSPS) is 16.0. The molecule has 2 aromatic rings. The van der Waals surface area contributed by atoms with Crippen LogP contribution in [-0.2, 0) is 0 Å². The molecule has 0 heterocycles. The molecule has 0 atom stereocenters. The van der Waals surface area contributed by atoms with Crippen molar-refractivity contribution in [2.45, 2.75) is 33.1 Å². The first-order valence-electron chi connectivity index (χ1n) is 8.04. The van der Waals surface area contributed by atoms with Gasteiger partial charge in [-0.25, -0.2) is 0 Å². The van der Waals surface area contributed by atoms with Crippen LogP contribution in [0.3, 0.4) is 0 Å². The van der Waals surface area contributed by atoms with Crippen molar-refractivity contribution in [1.82, 2.24) is 0 Å². The van der Waals surface area contributed by atoms with E-state index in [1.165, 1.54) is 36.0 Å². The Labute approximate surface area is 130 Å². The minimum atomic E-state index is -0.243. The molecule has 0 spiro atoms. The van der Waals surface area contributed by atoms with E-state index in [1.54, 1.807) is 0 Å². The van der Waals surface area contributed by atoms with E-state index in [1.807, 2.05) is 0 Å². The molecule has 0 radical (unpaired) electrons. The lowest BCUT2D eigenvalue weighted by molar-refractivity contribution is 0.145. The van der Waals surface area contributed by atoms with Gasteiger partial charge in [0.1, 0.15) is 0 Å². The first-order valence-corrected chi connectivity index (χ1v) is 9.57. The minimum absolute atomic E-state index is 0.243. The van der Waals surface area contributed by atoms with Gasteiger partial charge in [0.25, 0.3) is 0 Å². The molecule has 1 aliphatic carbocycles. The summed E-state index contributed by atoms with van der Waals surface area (Å²) in [5, 5.41) is 3.04. The third kappa shape index (κ3) is 3.38. The maximum atomic E-state index is 2.48. The van der Waals surface area contributed by atoms with Crippen LogP contribution in [0.2, 0.25) is 0 Å². The lowest BCUT2D eigenvalue weighted by atomic mass is 9.68. The SMILES string of the molecule is CC(C)(CP(c1ccccc1)c1ccccc1)C1CCC1. The van der Waals surface area contributed by atoms with Gasteiger partial charge in [-0.2, -0.15) is 0 Å². The summed E-state index contributed by atoms with van der Waals surface area (Å²) in [5.74, 6) is 0.926. The van der Waals surface area contributed by atoms with Gasteiger partial charge in [-0.1, -0.05) is 80.9 Å². The van der Waals surface area contributed by atoms with Crippen molar-refractivity contribution < 1.29 is 0 Å². The summed E-state index contributed by atoms with van der Waals surface area (Å²) < 4.78 is 0. The Kier molecular flexibility index (Phi) is 4.45. The van der Waals surface area contributed by atoms with E-state index in [-0.39, 0.29) is 7.92 Å². The third-order valence-electron chi connectivity index (χ3n) is 4.91. The molecule has 0 aromatic heterocycles. The third-order valence-corrected chi connectivity index (χ3v) is 7.89. The molecular formula is C20H25P. The second-order valence-corrected chi connectivity index (χ2v) is 9.08. The Bertz CT molecular complexity index is 515. The highest BCUT2D eigenvalue weighted by Gasteiger charge is 2.36. The van der Waals surface area contributed by atoms with E-state index < -0.39 is 0 Å². The van der Waals surface area contributed by atoms with Crippen LogP contribution < -0.4 is 10.6 Å². The second kappa shape index (κ2) is 6.32. The zero-order valence-corrected chi connectivity index (χ0v) is 14.0. The molecule has 0 bridgehead atoms. The van der Waals surface area contributed by atoms with E-state index in [2.05, 4.69) is 74.5 Å². The molecule has 1 heteroatoms. The first-order chi connectivity index (χ1) is 10.2. The maximum Gasteiger partial charge on any atom is -0.0191 e. The topological polar surface area (TPSA) is 0 Å². The van der Waals surface area contributed by atoms with Crippen LogP contribution in [0.25, 0.3) is 0 Å². The summed E-state index contributed by atoms with van der Waals surface area (Å²) in [6.07, 6.45) is 5.60. The quantitative estimate of drug-likeness (QED) is 0.685. The highest BCUT2D eigenvalue weighted by molar-refractivity contribution is 7.73. The first kappa shape index (κ1) is 14.8. The summed E-state index contributed by atoms with van der Waals surface area (Å²) in [4.78, 5) is 0. The Hall–Kier alpha value is -1.13. The summed E-state index contributed by atoms with van der Waals surface area (Å²) in [5.41, 5.74) is 0.454. The van der Waals surface area contributed by atoms with Gasteiger partial charge in [-0.15, -0.1) is 0 Å². The van der Waals surface area contributed by atoms with Crippen LogP contribution in [0.15, 0.2) is 60.7 Å². The fourth-order valence-electron chi connectivity index (χ4n) is 3.27. The highest BCUT2D eigenvalue weighted by Crippen LogP contribution is 2.49. The monoisotopic (exact) mass is 296 g/mol. The van der Waals surface area contributed by atoms with Gasteiger partial charge in [-0.05, 0) is 48.9 Å². The van der Waals surface area contributed by atoms with Crippen LogP contribution in [-0.4, -0.2) is 6.16 Å². The molecule has 21 heavy (non-hydrogen) atoms. The van der Waals surface area contributed by atoms with Crippen molar-refractivity contribution in [2.24, 2.45) is 11.3 Å². The number of hydrogen-bond acceptors (Lipinski definition) is 0. The molecule has 0 amide bonds. The average Bonchev–Trinajstić information content (AvgIpc) is 2.44. The Morgan fingerprint density at radius 3 is 1.71 bits per heavy atom. The van der Waals surface area contributed by atoms with Gasteiger partial charge in [0.05, 0.1) is 0 Å². The molecule has 110 valence electrons. The molecule has 0 saturated heterocycles. The van der Waals surface area contributed by atoms with Gasteiger partial charge in [0.2, 0.25) is 0 Å². The van der Waals surface area contributed by atoms with Crippen LogP contribution >= 0.6 is 7.92 Å². The van der Waals surface area contributed by atoms with Crippen molar-refractivity contribution in [1.29, 1.82) is 0 Å². The highest BCUT2D eigenvalue weighted by atomic mass is 31.1. The standard InChI is InChI=1S/C20H25P/c1-20(2,17-10-9-11-17)16-21(18-12-5-3-6-13-18)19-14-7-4-8-15-19/h3-8,12-15,17H,9-11,16H2,1-2H3. The van der Waals surface area contributed by atoms with E-state index in [9.17, 15) is 0 Å². The van der Waals surface area contributed by atoms with Crippen molar-refractivity contribution in [2.75, 3.05) is 6.16 Å². The van der Waals surface area contributed by atoms with Crippen molar-refractivity contribution in [3.63, 3.8) is 0 Å². The minimum Gasteiger partial charge on any atom is -0.0622 e. The zero-order valence-electron chi connectivity index (χ0n) is 13.1. The van der Waals surface area contributed by atoms with Crippen molar-refractivity contribution >= 4 is 18.5 Å². The molecule has 0 unspecified atom stereocenters. The molecule has 1 fully saturated rings. The van der Waals surface area contributed by atoms with E-state index in [4.69, 9.17) is 0 Å². The molecular weight excluding hydrogens is 271 g/mol. The van der Waals surface area contributed by atoms with E-state index in [0.717, 1.165) is 5.92 Å². The predicted octanol–water partition coefficient (Wildman–Crippen LogP) is 4.95. The average molecular weight is 296 g/mol. The maximum absolute atomic E-state index is 2.48. The fourth-order valence-corrected chi connectivity index (χ4v) is 6.07. The van der Waals surface area contributed by atoms with Crippen LogP contribution in [0.1, 0.15) is 33.1 Å². The van der Waals surface area contributed by atoms with Gasteiger partial charge in [0, 0.05) is 0 Å². The molecule has 1 aliphatic rings. The largest absolute Gasteiger partial charge is 0.0622 e. The molecule has 1 saturated carbocycles. The molecule has 2 aromatic carbocycles. The van der Waals surface area contributed by atoms with Crippen LogP contribution in [0, 0.1) is 11.3 Å². The van der Waals surface area contributed by atoms with Crippen LogP contribution in [0.4, 0.5) is 0 Å². The number of rotatable bonds is 5. The molecule has 3 rings (SSSR count). The summed E-state index contributed by atoms with van der Waals surface area (Å²) >= 11 is 0. The van der Waals surface area contributed by atoms with Gasteiger partial charge < -0.3 is 0 Å². The van der Waals surface area contributed by atoms with Gasteiger partial charge in [-0.3, -0.25) is 0 Å². The number of hydrogen-bond donors (Lipinski definition) is 0. The zero-order chi connectivity index (χ0) is 14.7. The Morgan fingerprint density at radius 2 is 1.33 bits per heavy atom. The van der Waals surface area contributed by atoms with E-state index in [0.29, 0.717) is 5.41 Å². The summed E-state index contributed by atoms with van der Waals surface area (Å²) in [7, 11) is -0.243. The second-order valence-electron chi connectivity index (χ2n) is 6.87. The molecule has 0 aliphatic heterocycles. The van der Waals surface area contributed by atoms with Crippen molar-refractivity contribution in [3.05, 3.63) is 60.7 Å². The fraction of sp³-hybridized carbons (Fsp3) is 0.400. The predicted molar refractivity (Wildman–Crippen MR) is 95.1 cm³/mol.